The van der Waals surface area contributed by atoms with Crippen LogP contribution < -0.4 is 10.6 Å². The lowest BCUT2D eigenvalue weighted by atomic mass is 9.96. The number of fused-ring (bicyclic) bond motifs is 1. The lowest BCUT2D eigenvalue weighted by Gasteiger charge is -2.40. The highest BCUT2D eigenvalue weighted by Crippen LogP contribution is 2.28. The molecule has 3 atom stereocenters. The summed E-state index contributed by atoms with van der Waals surface area (Å²) < 4.78 is 0. The van der Waals surface area contributed by atoms with Gasteiger partial charge in [0.2, 0.25) is 0 Å². The Bertz CT molecular complexity index is 365. The zero-order chi connectivity index (χ0) is 11.7. The van der Waals surface area contributed by atoms with Gasteiger partial charge in [-0.25, -0.2) is 0 Å². The molecule has 3 unspecified atom stereocenters. The number of aliphatic hydroxyl groups excluding tert-OH is 1. The van der Waals surface area contributed by atoms with Gasteiger partial charge in [-0.1, -0.05) is 18.2 Å². The van der Waals surface area contributed by atoms with E-state index in [4.69, 9.17) is 5.73 Å². The molecule has 0 bridgehead atoms. The molecule has 2 rings (SSSR count). The van der Waals surface area contributed by atoms with Gasteiger partial charge in [0.15, 0.2) is 0 Å². The Morgan fingerprint density at radius 3 is 2.75 bits per heavy atom. The number of hydrogen-bond acceptors (Lipinski definition) is 3. The van der Waals surface area contributed by atoms with E-state index >= 15 is 0 Å². The highest BCUT2D eigenvalue weighted by atomic mass is 16.3. The number of benzene rings is 1. The Morgan fingerprint density at radius 2 is 2.06 bits per heavy atom. The molecule has 0 aromatic heterocycles. The van der Waals surface area contributed by atoms with E-state index in [1.807, 2.05) is 26.0 Å². The zero-order valence-corrected chi connectivity index (χ0v) is 9.93. The van der Waals surface area contributed by atoms with E-state index in [1.54, 1.807) is 0 Å². The highest BCUT2D eigenvalue weighted by Gasteiger charge is 2.27. The Labute approximate surface area is 96.9 Å². The van der Waals surface area contributed by atoms with Crippen LogP contribution in [0.3, 0.4) is 0 Å². The number of nitrogens with zero attached hydrogens (tertiary/aromatic N) is 1. The summed E-state index contributed by atoms with van der Waals surface area (Å²) in [6.07, 6.45) is 0.581. The smallest absolute Gasteiger partial charge is 0.0712 e. The molecule has 1 heterocycles. The normalized spacial score (nSPS) is 23.8. The van der Waals surface area contributed by atoms with Crippen molar-refractivity contribution in [3.05, 3.63) is 29.8 Å². The molecule has 0 saturated carbocycles. The second-order valence-corrected chi connectivity index (χ2v) is 4.73. The van der Waals surface area contributed by atoms with Crippen LogP contribution in [0.4, 0.5) is 5.69 Å². The van der Waals surface area contributed by atoms with E-state index in [9.17, 15) is 5.11 Å². The van der Waals surface area contributed by atoms with Gasteiger partial charge in [0.25, 0.3) is 0 Å². The zero-order valence-electron chi connectivity index (χ0n) is 9.93. The molecular formula is C13H20N2O. The molecule has 3 nitrogen and oxygen atoms in total. The first-order valence-corrected chi connectivity index (χ1v) is 5.87. The lowest BCUT2D eigenvalue weighted by molar-refractivity contribution is 0.164. The lowest BCUT2D eigenvalue weighted by Crippen LogP contribution is -2.50. The Morgan fingerprint density at radius 1 is 1.38 bits per heavy atom. The van der Waals surface area contributed by atoms with Crippen molar-refractivity contribution in [1.82, 2.24) is 0 Å². The van der Waals surface area contributed by atoms with Crippen molar-refractivity contribution in [1.29, 1.82) is 0 Å². The summed E-state index contributed by atoms with van der Waals surface area (Å²) in [5.41, 5.74) is 8.56. The fourth-order valence-electron chi connectivity index (χ4n) is 2.31. The summed E-state index contributed by atoms with van der Waals surface area (Å²) in [7, 11) is 0. The summed E-state index contributed by atoms with van der Waals surface area (Å²) in [5.74, 6) is 0. The van der Waals surface area contributed by atoms with Gasteiger partial charge in [0.1, 0.15) is 0 Å². The van der Waals surface area contributed by atoms with E-state index in [1.165, 1.54) is 11.3 Å². The standard InChI is InChI=1S/C13H20N2O/c1-9(10(2)16)15-8-12(14)7-11-5-3-4-6-13(11)15/h3-6,9-10,12,16H,7-8,14H2,1-2H3. The predicted molar refractivity (Wildman–Crippen MR) is 66.6 cm³/mol. The number of rotatable bonds is 2. The Kier molecular flexibility index (Phi) is 3.17. The minimum atomic E-state index is -0.349. The number of para-hydroxylation sites is 1. The average molecular weight is 220 g/mol. The summed E-state index contributed by atoms with van der Waals surface area (Å²) in [6, 6.07) is 8.58. The monoisotopic (exact) mass is 220 g/mol. The quantitative estimate of drug-likeness (QED) is 0.786. The fourth-order valence-corrected chi connectivity index (χ4v) is 2.31. The second kappa shape index (κ2) is 4.44. The van der Waals surface area contributed by atoms with Crippen LogP contribution >= 0.6 is 0 Å². The van der Waals surface area contributed by atoms with E-state index in [2.05, 4.69) is 17.0 Å². The van der Waals surface area contributed by atoms with Gasteiger partial charge in [-0.3, -0.25) is 0 Å². The molecule has 1 aromatic carbocycles. The third kappa shape index (κ3) is 2.06. The molecule has 16 heavy (non-hydrogen) atoms. The Hall–Kier alpha value is -1.06. The summed E-state index contributed by atoms with van der Waals surface area (Å²) in [4.78, 5) is 2.22. The molecule has 0 radical (unpaired) electrons. The van der Waals surface area contributed by atoms with Crippen molar-refractivity contribution in [3.8, 4) is 0 Å². The SMILES string of the molecule is CC(O)C(C)N1CC(N)Cc2ccccc21. The molecule has 0 amide bonds. The molecule has 3 N–H and O–H groups in total. The van der Waals surface area contributed by atoms with Gasteiger partial charge in [0, 0.05) is 18.3 Å². The van der Waals surface area contributed by atoms with Gasteiger partial charge >= 0.3 is 0 Å². The van der Waals surface area contributed by atoms with Crippen LogP contribution in [-0.2, 0) is 6.42 Å². The Balaban J connectivity index is 2.33. The first kappa shape index (κ1) is 11.4. The first-order chi connectivity index (χ1) is 7.59. The van der Waals surface area contributed by atoms with Crippen molar-refractivity contribution in [2.24, 2.45) is 5.73 Å². The van der Waals surface area contributed by atoms with Crippen molar-refractivity contribution in [2.75, 3.05) is 11.4 Å². The molecule has 0 saturated heterocycles. The highest BCUT2D eigenvalue weighted by molar-refractivity contribution is 5.57. The molecule has 0 spiro atoms. The molecular weight excluding hydrogens is 200 g/mol. The van der Waals surface area contributed by atoms with Crippen LogP contribution in [0.2, 0.25) is 0 Å². The average Bonchev–Trinajstić information content (AvgIpc) is 2.26. The number of hydrogen-bond donors (Lipinski definition) is 2. The number of aliphatic hydroxyl groups is 1. The molecule has 88 valence electrons. The third-order valence-corrected chi connectivity index (χ3v) is 3.40. The predicted octanol–water partition coefficient (Wildman–Crippen LogP) is 1.15. The van der Waals surface area contributed by atoms with Crippen molar-refractivity contribution in [2.45, 2.75) is 38.5 Å². The van der Waals surface area contributed by atoms with E-state index < -0.39 is 0 Å². The number of anilines is 1. The fraction of sp³-hybridized carbons (Fsp3) is 0.538. The second-order valence-electron chi connectivity index (χ2n) is 4.73. The maximum Gasteiger partial charge on any atom is 0.0712 e. The molecule has 1 aromatic rings. The maximum atomic E-state index is 9.70. The molecule has 0 fully saturated rings. The van der Waals surface area contributed by atoms with Crippen LogP contribution in [-0.4, -0.2) is 29.8 Å². The van der Waals surface area contributed by atoms with Crippen molar-refractivity contribution < 1.29 is 5.11 Å². The van der Waals surface area contributed by atoms with E-state index in [-0.39, 0.29) is 18.2 Å². The summed E-state index contributed by atoms with van der Waals surface area (Å²) in [5, 5.41) is 9.70. The molecule has 1 aliphatic rings. The van der Waals surface area contributed by atoms with Crippen LogP contribution in [0.5, 0.6) is 0 Å². The topological polar surface area (TPSA) is 49.5 Å². The van der Waals surface area contributed by atoms with Crippen LogP contribution in [0.15, 0.2) is 24.3 Å². The van der Waals surface area contributed by atoms with Crippen LogP contribution in [0.1, 0.15) is 19.4 Å². The van der Waals surface area contributed by atoms with Crippen molar-refractivity contribution in [3.63, 3.8) is 0 Å². The van der Waals surface area contributed by atoms with Gasteiger partial charge in [-0.15, -0.1) is 0 Å². The summed E-state index contributed by atoms with van der Waals surface area (Å²) in [6.45, 7) is 4.69. The number of nitrogens with two attached hydrogens (primary N) is 1. The third-order valence-electron chi connectivity index (χ3n) is 3.40. The van der Waals surface area contributed by atoms with Gasteiger partial charge in [-0.2, -0.15) is 0 Å². The van der Waals surface area contributed by atoms with Gasteiger partial charge < -0.3 is 15.7 Å². The van der Waals surface area contributed by atoms with Crippen molar-refractivity contribution >= 4 is 5.69 Å². The van der Waals surface area contributed by atoms with E-state index in [0.29, 0.717) is 0 Å². The first-order valence-electron chi connectivity index (χ1n) is 5.87. The molecule has 3 heteroatoms. The van der Waals surface area contributed by atoms with Gasteiger partial charge in [0.05, 0.1) is 12.1 Å². The summed E-state index contributed by atoms with van der Waals surface area (Å²) >= 11 is 0. The van der Waals surface area contributed by atoms with Crippen LogP contribution in [0, 0.1) is 0 Å². The largest absolute Gasteiger partial charge is 0.391 e. The molecule has 1 aliphatic heterocycles. The maximum absolute atomic E-state index is 9.70. The van der Waals surface area contributed by atoms with E-state index in [0.717, 1.165) is 13.0 Å². The minimum Gasteiger partial charge on any atom is -0.391 e. The van der Waals surface area contributed by atoms with Gasteiger partial charge in [-0.05, 0) is 31.9 Å². The van der Waals surface area contributed by atoms with Crippen LogP contribution in [0.25, 0.3) is 0 Å². The minimum absolute atomic E-state index is 0.104. The molecule has 0 aliphatic carbocycles.